The number of aliphatic carboxylic acids is 2. The zero-order valence-corrected chi connectivity index (χ0v) is 10.7. The van der Waals surface area contributed by atoms with Gasteiger partial charge in [-0.25, -0.2) is 0 Å². The van der Waals surface area contributed by atoms with Crippen molar-refractivity contribution in [2.75, 3.05) is 19.6 Å². The standard InChI is InChI=1S/C12H23NO4/c1-3-4-7-13(8-5-6-11(14)15)9-10(2)12(16)17/h10H,3-9H2,1-2H3,(H,14,15)(H,16,17). The molecule has 0 bridgehead atoms. The second-order valence-electron chi connectivity index (χ2n) is 4.39. The first kappa shape index (κ1) is 15.9. The summed E-state index contributed by atoms with van der Waals surface area (Å²) in [5.41, 5.74) is 0. The van der Waals surface area contributed by atoms with Gasteiger partial charge >= 0.3 is 11.9 Å². The van der Waals surface area contributed by atoms with Crippen molar-refractivity contribution >= 4 is 11.9 Å². The van der Waals surface area contributed by atoms with Crippen molar-refractivity contribution in [3.05, 3.63) is 0 Å². The van der Waals surface area contributed by atoms with E-state index in [1.165, 1.54) is 0 Å². The fraction of sp³-hybridized carbons (Fsp3) is 0.833. The van der Waals surface area contributed by atoms with Crippen LogP contribution in [0.5, 0.6) is 0 Å². The number of hydrogen-bond donors (Lipinski definition) is 2. The van der Waals surface area contributed by atoms with Crippen LogP contribution in [0.25, 0.3) is 0 Å². The van der Waals surface area contributed by atoms with E-state index in [1.54, 1.807) is 6.92 Å². The Hall–Kier alpha value is -1.10. The average Bonchev–Trinajstić information content (AvgIpc) is 2.24. The highest BCUT2D eigenvalue weighted by molar-refractivity contribution is 5.69. The molecule has 0 spiro atoms. The molecule has 0 heterocycles. The molecule has 0 aliphatic heterocycles. The van der Waals surface area contributed by atoms with Crippen molar-refractivity contribution < 1.29 is 19.8 Å². The third-order valence-corrected chi connectivity index (χ3v) is 2.65. The number of carboxylic acids is 2. The van der Waals surface area contributed by atoms with E-state index in [-0.39, 0.29) is 6.42 Å². The molecule has 0 saturated heterocycles. The van der Waals surface area contributed by atoms with Crippen molar-refractivity contribution in [1.82, 2.24) is 4.90 Å². The number of carbonyl (C=O) groups is 2. The van der Waals surface area contributed by atoms with E-state index in [0.717, 1.165) is 19.4 Å². The molecule has 0 saturated carbocycles. The van der Waals surface area contributed by atoms with Gasteiger partial charge < -0.3 is 15.1 Å². The summed E-state index contributed by atoms with van der Waals surface area (Å²) in [5, 5.41) is 17.4. The molecular weight excluding hydrogens is 222 g/mol. The van der Waals surface area contributed by atoms with Crippen molar-refractivity contribution in [2.24, 2.45) is 5.92 Å². The van der Waals surface area contributed by atoms with Gasteiger partial charge in [0.1, 0.15) is 0 Å². The Morgan fingerprint density at radius 2 is 1.76 bits per heavy atom. The lowest BCUT2D eigenvalue weighted by atomic mass is 10.1. The Bertz CT molecular complexity index is 243. The molecule has 0 aromatic heterocycles. The van der Waals surface area contributed by atoms with Gasteiger partial charge in [0, 0.05) is 13.0 Å². The maximum Gasteiger partial charge on any atom is 0.307 e. The second-order valence-corrected chi connectivity index (χ2v) is 4.39. The van der Waals surface area contributed by atoms with Crippen LogP contribution in [-0.2, 0) is 9.59 Å². The maximum absolute atomic E-state index is 10.8. The molecule has 0 aromatic carbocycles. The minimum atomic E-state index is -0.801. The Labute approximate surface area is 102 Å². The largest absolute Gasteiger partial charge is 0.481 e. The molecule has 0 amide bonds. The van der Waals surface area contributed by atoms with Crippen LogP contribution in [0.4, 0.5) is 0 Å². The zero-order valence-electron chi connectivity index (χ0n) is 10.7. The van der Waals surface area contributed by atoms with Crippen molar-refractivity contribution in [3.8, 4) is 0 Å². The first-order valence-corrected chi connectivity index (χ1v) is 6.14. The predicted octanol–water partition coefficient (Wildman–Crippen LogP) is 1.67. The highest BCUT2D eigenvalue weighted by atomic mass is 16.4. The highest BCUT2D eigenvalue weighted by Crippen LogP contribution is 2.05. The number of hydrogen-bond acceptors (Lipinski definition) is 3. The van der Waals surface area contributed by atoms with E-state index in [2.05, 4.69) is 6.92 Å². The fourth-order valence-corrected chi connectivity index (χ4v) is 1.60. The lowest BCUT2D eigenvalue weighted by Gasteiger charge is -2.23. The summed E-state index contributed by atoms with van der Waals surface area (Å²) >= 11 is 0. The molecule has 0 radical (unpaired) electrons. The Kier molecular flexibility index (Phi) is 8.40. The van der Waals surface area contributed by atoms with E-state index in [9.17, 15) is 9.59 Å². The van der Waals surface area contributed by atoms with Crippen molar-refractivity contribution in [3.63, 3.8) is 0 Å². The monoisotopic (exact) mass is 245 g/mol. The zero-order chi connectivity index (χ0) is 13.3. The molecular formula is C12H23NO4. The molecule has 0 rings (SSSR count). The van der Waals surface area contributed by atoms with Gasteiger partial charge in [-0.15, -0.1) is 0 Å². The summed E-state index contributed by atoms with van der Waals surface area (Å²) in [4.78, 5) is 23.2. The number of rotatable bonds is 10. The van der Waals surface area contributed by atoms with Crippen LogP contribution < -0.4 is 0 Å². The summed E-state index contributed by atoms with van der Waals surface area (Å²) in [5.74, 6) is -2.01. The van der Waals surface area contributed by atoms with Crippen LogP contribution >= 0.6 is 0 Å². The van der Waals surface area contributed by atoms with Crippen LogP contribution in [0.15, 0.2) is 0 Å². The van der Waals surface area contributed by atoms with Crippen LogP contribution in [-0.4, -0.2) is 46.7 Å². The summed E-state index contributed by atoms with van der Waals surface area (Å²) in [6, 6.07) is 0. The van der Waals surface area contributed by atoms with Gasteiger partial charge in [-0.3, -0.25) is 9.59 Å². The SMILES string of the molecule is CCCCN(CCCC(=O)O)CC(C)C(=O)O. The Balaban J connectivity index is 4.03. The average molecular weight is 245 g/mol. The first-order valence-electron chi connectivity index (χ1n) is 6.14. The summed E-state index contributed by atoms with van der Waals surface area (Å²) in [6.45, 7) is 5.75. The lowest BCUT2D eigenvalue weighted by molar-refractivity contribution is -0.142. The van der Waals surface area contributed by atoms with Gasteiger partial charge in [-0.1, -0.05) is 20.3 Å². The van der Waals surface area contributed by atoms with Crippen LogP contribution in [0.3, 0.4) is 0 Å². The normalized spacial score (nSPS) is 12.6. The number of carboxylic acid groups (broad SMARTS) is 2. The minimum Gasteiger partial charge on any atom is -0.481 e. The third kappa shape index (κ3) is 8.68. The van der Waals surface area contributed by atoms with Gasteiger partial charge in [0.2, 0.25) is 0 Å². The Morgan fingerprint density at radius 3 is 2.24 bits per heavy atom. The molecule has 5 nitrogen and oxygen atoms in total. The third-order valence-electron chi connectivity index (χ3n) is 2.65. The van der Waals surface area contributed by atoms with Crippen LogP contribution in [0.2, 0.25) is 0 Å². The smallest absolute Gasteiger partial charge is 0.307 e. The molecule has 100 valence electrons. The first-order chi connectivity index (χ1) is 7.97. The summed E-state index contributed by atoms with van der Waals surface area (Å²) in [7, 11) is 0. The second kappa shape index (κ2) is 8.98. The maximum atomic E-state index is 10.8. The van der Waals surface area contributed by atoms with E-state index in [4.69, 9.17) is 10.2 Å². The Morgan fingerprint density at radius 1 is 1.18 bits per heavy atom. The van der Waals surface area contributed by atoms with E-state index < -0.39 is 17.9 Å². The molecule has 0 aromatic rings. The van der Waals surface area contributed by atoms with Gasteiger partial charge in [-0.05, 0) is 25.9 Å². The van der Waals surface area contributed by atoms with Gasteiger partial charge in [0.05, 0.1) is 5.92 Å². The molecule has 0 fully saturated rings. The van der Waals surface area contributed by atoms with Gasteiger partial charge in [0.15, 0.2) is 0 Å². The molecule has 5 heteroatoms. The lowest BCUT2D eigenvalue weighted by Crippen LogP contribution is -2.33. The summed E-state index contributed by atoms with van der Waals surface area (Å²) in [6.07, 6.45) is 2.78. The highest BCUT2D eigenvalue weighted by Gasteiger charge is 2.15. The minimum absolute atomic E-state index is 0.143. The van der Waals surface area contributed by atoms with Gasteiger partial charge in [-0.2, -0.15) is 0 Å². The fourth-order valence-electron chi connectivity index (χ4n) is 1.60. The van der Waals surface area contributed by atoms with Gasteiger partial charge in [0.25, 0.3) is 0 Å². The van der Waals surface area contributed by atoms with Crippen LogP contribution in [0.1, 0.15) is 39.5 Å². The topological polar surface area (TPSA) is 77.8 Å². The molecule has 0 aliphatic rings. The quantitative estimate of drug-likeness (QED) is 0.612. The predicted molar refractivity (Wildman–Crippen MR) is 65.0 cm³/mol. The number of nitrogens with zero attached hydrogens (tertiary/aromatic N) is 1. The van der Waals surface area contributed by atoms with Crippen molar-refractivity contribution in [1.29, 1.82) is 0 Å². The molecule has 0 aliphatic carbocycles. The summed E-state index contributed by atoms with van der Waals surface area (Å²) < 4.78 is 0. The van der Waals surface area contributed by atoms with E-state index in [1.807, 2.05) is 4.90 Å². The van der Waals surface area contributed by atoms with E-state index in [0.29, 0.717) is 19.5 Å². The molecule has 2 N–H and O–H groups in total. The molecule has 1 atom stereocenters. The number of unbranched alkanes of at least 4 members (excludes halogenated alkanes) is 1. The van der Waals surface area contributed by atoms with E-state index >= 15 is 0 Å². The molecule has 17 heavy (non-hydrogen) atoms. The van der Waals surface area contributed by atoms with Crippen LogP contribution in [0, 0.1) is 5.92 Å². The van der Waals surface area contributed by atoms with Crippen molar-refractivity contribution in [2.45, 2.75) is 39.5 Å². The molecule has 1 unspecified atom stereocenters.